The molecule has 15 heavy (non-hydrogen) atoms. The number of benzene rings is 1. The Morgan fingerprint density at radius 1 is 1.33 bits per heavy atom. The highest BCUT2D eigenvalue weighted by atomic mass is 16.5. The molecule has 0 spiro atoms. The van der Waals surface area contributed by atoms with Gasteiger partial charge in [-0.25, -0.2) is 4.98 Å². The van der Waals surface area contributed by atoms with Gasteiger partial charge < -0.3 is 20.0 Å². The van der Waals surface area contributed by atoms with Crippen molar-refractivity contribution in [3.63, 3.8) is 0 Å². The summed E-state index contributed by atoms with van der Waals surface area (Å²) in [5.41, 5.74) is 5.30. The van der Waals surface area contributed by atoms with Gasteiger partial charge in [0, 0.05) is 0 Å². The molecule has 0 aliphatic rings. The molecular formula is C10H10N2O3. The second-order valence-electron chi connectivity index (χ2n) is 2.95. The summed E-state index contributed by atoms with van der Waals surface area (Å²) >= 11 is 0. The number of hydrogen-bond acceptors (Lipinski definition) is 5. The number of nitrogen functional groups attached to an aromatic ring is 1. The van der Waals surface area contributed by atoms with Gasteiger partial charge in [-0.3, -0.25) is 0 Å². The smallest absolute Gasteiger partial charge is 0.292 e. The van der Waals surface area contributed by atoms with E-state index in [1.165, 1.54) is 6.20 Å². The Morgan fingerprint density at radius 2 is 2.07 bits per heavy atom. The lowest BCUT2D eigenvalue weighted by atomic mass is 10.3. The molecule has 0 saturated heterocycles. The van der Waals surface area contributed by atoms with Crippen LogP contribution in [0.4, 0.5) is 6.01 Å². The van der Waals surface area contributed by atoms with E-state index in [4.69, 9.17) is 20.0 Å². The number of rotatable bonds is 3. The largest absolute Gasteiger partial charge is 0.508 e. The number of hydrogen-bond donors (Lipinski definition) is 2. The van der Waals surface area contributed by atoms with Crippen LogP contribution in [0.1, 0.15) is 5.76 Å². The van der Waals surface area contributed by atoms with Gasteiger partial charge in [-0.05, 0) is 24.3 Å². The van der Waals surface area contributed by atoms with E-state index >= 15 is 0 Å². The molecule has 5 nitrogen and oxygen atoms in total. The third kappa shape index (κ3) is 2.40. The first-order valence-corrected chi connectivity index (χ1v) is 4.36. The zero-order valence-corrected chi connectivity index (χ0v) is 7.88. The maximum Gasteiger partial charge on any atom is 0.292 e. The zero-order valence-electron chi connectivity index (χ0n) is 7.88. The quantitative estimate of drug-likeness (QED) is 0.796. The first-order chi connectivity index (χ1) is 7.24. The minimum atomic E-state index is 0.124. The van der Waals surface area contributed by atoms with Crippen molar-refractivity contribution in [3.05, 3.63) is 36.2 Å². The fourth-order valence-electron chi connectivity index (χ4n) is 1.09. The van der Waals surface area contributed by atoms with Gasteiger partial charge in [0.1, 0.15) is 18.1 Å². The molecule has 0 aliphatic heterocycles. The molecule has 0 atom stereocenters. The molecule has 1 aromatic carbocycles. The highest BCUT2D eigenvalue weighted by Gasteiger charge is 2.01. The number of aromatic nitrogens is 1. The molecule has 0 bridgehead atoms. The average Bonchev–Trinajstić information content (AvgIpc) is 2.64. The topological polar surface area (TPSA) is 81.5 Å². The Bertz CT molecular complexity index is 436. The van der Waals surface area contributed by atoms with Gasteiger partial charge >= 0.3 is 0 Å². The predicted octanol–water partition coefficient (Wildman–Crippen LogP) is 1.54. The number of aromatic hydroxyl groups is 1. The number of anilines is 1. The summed E-state index contributed by atoms with van der Waals surface area (Å²) in [7, 11) is 0. The Labute approximate surface area is 86.1 Å². The lowest BCUT2D eigenvalue weighted by Gasteiger charge is -2.02. The maximum atomic E-state index is 9.04. The van der Waals surface area contributed by atoms with Crippen molar-refractivity contribution in [1.29, 1.82) is 0 Å². The van der Waals surface area contributed by atoms with Gasteiger partial charge in [-0.2, -0.15) is 0 Å². The third-order valence-electron chi connectivity index (χ3n) is 1.79. The summed E-state index contributed by atoms with van der Waals surface area (Å²) in [5, 5.41) is 9.04. The summed E-state index contributed by atoms with van der Waals surface area (Å²) in [4.78, 5) is 3.73. The Balaban J connectivity index is 1.96. The Hall–Kier alpha value is -2.17. The fourth-order valence-corrected chi connectivity index (χ4v) is 1.09. The summed E-state index contributed by atoms with van der Waals surface area (Å²) in [6.07, 6.45) is 1.51. The normalized spacial score (nSPS) is 10.1. The predicted molar refractivity (Wildman–Crippen MR) is 53.4 cm³/mol. The monoisotopic (exact) mass is 206 g/mol. The maximum absolute atomic E-state index is 9.04. The molecule has 1 heterocycles. The second kappa shape index (κ2) is 3.91. The van der Waals surface area contributed by atoms with Crippen molar-refractivity contribution < 1.29 is 14.3 Å². The molecular weight excluding hydrogens is 196 g/mol. The van der Waals surface area contributed by atoms with Crippen LogP contribution in [-0.4, -0.2) is 10.1 Å². The molecule has 0 aliphatic carbocycles. The van der Waals surface area contributed by atoms with E-state index in [1.807, 2.05) is 0 Å². The number of phenols is 1. The van der Waals surface area contributed by atoms with Crippen molar-refractivity contribution >= 4 is 6.01 Å². The Kier molecular flexibility index (Phi) is 2.45. The van der Waals surface area contributed by atoms with Gasteiger partial charge in [-0.1, -0.05) is 0 Å². The van der Waals surface area contributed by atoms with Gasteiger partial charge in [0.2, 0.25) is 0 Å². The molecule has 1 aromatic heterocycles. The molecule has 78 valence electrons. The van der Waals surface area contributed by atoms with Gasteiger partial charge in [0.15, 0.2) is 5.76 Å². The van der Waals surface area contributed by atoms with Crippen LogP contribution in [-0.2, 0) is 6.61 Å². The van der Waals surface area contributed by atoms with Gasteiger partial charge in [-0.15, -0.1) is 0 Å². The highest BCUT2D eigenvalue weighted by molar-refractivity contribution is 5.30. The van der Waals surface area contributed by atoms with Crippen LogP contribution in [0.15, 0.2) is 34.9 Å². The number of ether oxygens (including phenoxy) is 1. The second-order valence-corrected chi connectivity index (χ2v) is 2.95. The van der Waals surface area contributed by atoms with E-state index in [-0.39, 0.29) is 18.4 Å². The molecule has 2 rings (SSSR count). The number of nitrogens with zero attached hydrogens (tertiary/aromatic N) is 1. The molecule has 0 fully saturated rings. The highest BCUT2D eigenvalue weighted by Crippen LogP contribution is 2.17. The van der Waals surface area contributed by atoms with Crippen LogP contribution < -0.4 is 10.5 Å². The summed E-state index contributed by atoms with van der Waals surface area (Å²) < 4.78 is 10.4. The first kappa shape index (κ1) is 9.39. The van der Waals surface area contributed by atoms with Crippen LogP contribution in [0.2, 0.25) is 0 Å². The molecule has 0 amide bonds. The fraction of sp³-hybridized carbons (Fsp3) is 0.100. The average molecular weight is 206 g/mol. The standard InChI is InChI=1S/C10H10N2O3/c11-10-12-5-9(15-10)6-14-8-3-1-7(13)2-4-8/h1-5,13H,6H2,(H2,11,12). The van der Waals surface area contributed by atoms with Crippen LogP contribution in [0.25, 0.3) is 0 Å². The van der Waals surface area contributed by atoms with E-state index in [1.54, 1.807) is 24.3 Å². The van der Waals surface area contributed by atoms with Crippen molar-refractivity contribution in [2.75, 3.05) is 5.73 Å². The minimum absolute atomic E-state index is 0.124. The molecule has 0 saturated carbocycles. The van der Waals surface area contributed by atoms with E-state index in [0.29, 0.717) is 11.5 Å². The first-order valence-electron chi connectivity index (χ1n) is 4.36. The molecule has 2 aromatic rings. The molecule has 0 radical (unpaired) electrons. The number of phenolic OH excluding ortho intramolecular Hbond substituents is 1. The lowest BCUT2D eigenvalue weighted by Crippen LogP contribution is -1.93. The van der Waals surface area contributed by atoms with E-state index in [9.17, 15) is 0 Å². The minimum Gasteiger partial charge on any atom is -0.508 e. The van der Waals surface area contributed by atoms with Gasteiger partial charge in [0.05, 0.1) is 6.20 Å². The molecule has 5 heteroatoms. The zero-order chi connectivity index (χ0) is 10.7. The van der Waals surface area contributed by atoms with Crippen LogP contribution in [0, 0.1) is 0 Å². The van der Waals surface area contributed by atoms with E-state index in [2.05, 4.69) is 4.98 Å². The van der Waals surface area contributed by atoms with Crippen molar-refractivity contribution in [3.8, 4) is 11.5 Å². The summed E-state index contributed by atoms with van der Waals surface area (Å²) in [6.45, 7) is 0.259. The van der Waals surface area contributed by atoms with Crippen LogP contribution in [0.3, 0.4) is 0 Å². The third-order valence-corrected chi connectivity index (χ3v) is 1.79. The van der Waals surface area contributed by atoms with Crippen molar-refractivity contribution in [1.82, 2.24) is 4.98 Å². The van der Waals surface area contributed by atoms with Gasteiger partial charge in [0.25, 0.3) is 6.01 Å². The Morgan fingerprint density at radius 3 is 2.67 bits per heavy atom. The van der Waals surface area contributed by atoms with E-state index < -0.39 is 0 Å². The summed E-state index contributed by atoms with van der Waals surface area (Å²) in [6, 6.07) is 6.54. The number of oxazole rings is 1. The summed E-state index contributed by atoms with van der Waals surface area (Å²) in [5.74, 6) is 1.40. The van der Waals surface area contributed by atoms with Crippen LogP contribution in [0.5, 0.6) is 11.5 Å². The van der Waals surface area contributed by atoms with Crippen LogP contribution >= 0.6 is 0 Å². The number of nitrogens with two attached hydrogens (primary N) is 1. The van der Waals surface area contributed by atoms with Crippen molar-refractivity contribution in [2.45, 2.75) is 6.61 Å². The molecule has 3 N–H and O–H groups in total. The van der Waals surface area contributed by atoms with E-state index in [0.717, 1.165) is 0 Å². The SMILES string of the molecule is Nc1ncc(COc2ccc(O)cc2)o1. The van der Waals surface area contributed by atoms with Crippen molar-refractivity contribution in [2.24, 2.45) is 0 Å². The lowest BCUT2D eigenvalue weighted by molar-refractivity contribution is 0.272. The molecule has 0 unspecified atom stereocenters.